The molecule has 0 amide bonds. The summed E-state index contributed by atoms with van der Waals surface area (Å²) < 4.78 is 7.44. The smallest absolute Gasteiger partial charge is 0.222 e. The van der Waals surface area contributed by atoms with E-state index in [1.165, 1.54) is 0 Å². The van der Waals surface area contributed by atoms with E-state index in [1.54, 1.807) is 0 Å². The Morgan fingerprint density at radius 3 is 2.60 bits per heavy atom. The molecule has 0 unspecified atom stereocenters. The molecule has 2 aromatic rings. The standard InChI is InChI=1S/C12H14N2O/c1-2-15-12-11(13)8-9-14(12)10-6-4-3-5-7-10/h3-9H,2,13H2,1H3. The highest BCUT2D eigenvalue weighted by Crippen LogP contribution is 2.26. The third-order valence-corrected chi connectivity index (χ3v) is 2.18. The highest BCUT2D eigenvalue weighted by molar-refractivity contribution is 5.54. The fraction of sp³-hybridized carbons (Fsp3) is 0.167. The Balaban J connectivity index is 2.44. The first-order valence-corrected chi connectivity index (χ1v) is 4.98. The molecule has 0 bridgehead atoms. The lowest BCUT2D eigenvalue weighted by atomic mass is 10.3. The van der Waals surface area contributed by atoms with Crippen LogP contribution in [-0.4, -0.2) is 11.2 Å². The van der Waals surface area contributed by atoms with Gasteiger partial charge in [0.1, 0.15) is 0 Å². The fourth-order valence-corrected chi connectivity index (χ4v) is 1.51. The molecule has 3 nitrogen and oxygen atoms in total. The van der Waals surface area contributed by atoms with Gasteiger partial charge in [0.05, 0.1) is 12.3 Å². The monoisotopic (exact) mass is 202 g/mol. The van der Waals surface area contributed by atoms with Gasteiger partial charge in [-0.25, -0.2) is 0 Å². The van der Waals surface area contributed by atoms with Gasteiger partial charge in [0.15, 0.2) is 0 Å². The van der Waals surface area contributed by atoms with Crippen molar-refractivity contribution in [2.24, 2.45) is 0 Å². The number of hydrogen-bond donors (Lipinski definition) is 1. The van der Waals surface area contributed by atoms with E-state index in [4.69, 9.17) is 10.5 Å². The highest BCUT2D eigenvalue weighted by atomic mass is 16.5. The van der Waals surface area contributed by atoms with E-state index in [0.29, 0.717) is 18.2 Å². The van der Waals surface area contributed by atoms with Crippen LogP contribution in [0.4, 0.5) is 5.69 Å². The van der Waals surface area contributed by atoms with Crippen LogP contribution in [0.2, 0.25) is 0 Å². The van der Waals surface area contributed by atoms with Gasteiger partial charge in [-0.2, -0.15) is 0 Å². The van der Waals surface area contributed by atoms with Crippen LogP contribution in [0, 0.1) is 0 Å². The fourth-order valence-electron chi connectivity index (χ4n) is 1.51. The summed E-state index contributed by atoms with van der Waals surface area (Å²) in [6.07, 6.45) is 1.91. The van der Waals surface area contributed by atoms with E-state index in [1.807, 2.05) is 54.1 Å². The third-order valence-electron chi connectivity index (χ3n) is 2.18. The van der Waals surface area contributed by atoms with Gasteiger partial charge >= 0.3 is 0 Å². The number of anilines is 1. The third kappa shape index (κ3) is 1.81. The summed E-state index contributed by atoms with van der Waals surface area (Å²) in [5, 5.41) is 0. The van der Waals surface area contributed by atoms with Gasteiger partial charge in [-0.05, 0) is 25.1 Å². The predicted molar refractivity (Wildman–Crippen MR) is 61.4 cm³/mol. The maximum atomic E-state index is 5.82. The zero-order chi connectivity index (χ0) is 10.7. The van der Waals surface area contributed by atoms with Crippen LogP contribution in [0.3, 0.4) is 0 Å². The van der Waals surface area contributed by atoms with E-state index in [-0.39, 0.29) is 0 Å². The molecule has 1 aromatic carbocycles. The Kier molecular flexibility index (Phi) is 2.63. The first-order valence-electron chi connectivity index (χ1n) is 4.98. The second-order valence-corrected chi connectivity index (χ2v) is 3.21. The number of ether oxygens (including phenoxy) is 1. The lowest BCUT2D eigenvalue weighted by molar-refractivity contribution is 0.323. The van der Waals surface area contributed by atoms with E-state index in [0.717, 1.165) is 5.69 Å². The molecule has 0 fully saturated rings. The number of hydrogen-bond acceptors (Lipinski definition) is 2. The maximum Gasteiger partial charge on any atom is 0.222 e. The molecular formula is C12H14N2O. The molecule has 0 atom stereocenters. The van der Waals surface area contributed by atoms with E-state index >= 15 is 0 Å². The SMILES string of the molecule is CCOc1c(N)ccn1-c1ccccc1. The second kappa shape index (κ2) is 4.09. The average Bonchev–Trinajstić information content (AvgIpc) is 2.63. The molecule has 1 aromatic heterocycles. The number of nitrogen functional groups attached to an aromatic ring is 1. The van der Waals surface area contributed by atoms with Gasteiger partial charge in [-0.15, -0.1) is 0 Å². The maximum absolute atomic E-state index is 5.82. The van der Waals surface area contributed by atoms with Crippen molar-refractivity contribution in [2.75, 3.05) is 12.3 Å². The Labute approximate surface area is 89.1 Å². The Hall–Kier alpha value is -1.90. The number of nitrogens with zero attached hydrogens (tertiary/aromatic N) is 1. The first-order chi connectivity index (χ1) is 7.33. The molecule has 0 aliphatic rings. The van der Waals surface area contributed by atoms with Crippen molar-refractivity contribution in [3.8, 4) is 11.6 Å². The number of para-hydroxylation sites is 1. The summed E-state index contributed by atoms with van der Waals surface area (Å²) in [5.41, 5.74) is 7.54. The number of rotatable bonds is 3. The molecule has 2 N–H and O–H groups in total. The molecule has 0 aliphatic heterocycles. The highest BCUT2D eigenvalue weighted by Gasteiger charge is 2.07. The summed E-state index contributed by atoms with van der Waals surface area (Å²) >= 11 is 0. The predicted octanol–water partition coefficient (Wildman–Crippen LogP) is 2.46. The minimum atomic E-state index is 0.612. The lowest BCUT2D eigenvalue weighted by Gasteiger charge is -2.09. The molecule has 78 valence electrons. The minimum absolute atomic E-state index is 0.612. The van der Waals surface area contributed by atoms with Gasteiger partial charge in [-0.3, -0.25) is 4.57 Å². The van der Waals surface area contributed by atoms with Crippen molar-refractivity contribution in [2.45, 2.75) is 6.92 Å². The van der Waals surface area contributed by atoms with E-state index in [9.17, 15) is 0 Å². The van der Waals surface area contributed by atoms with E-state index in [2.05, 4.69) is 0 Å². The van der Waals surface area contributed by atoms with Crippen molar-refractivity contribution in [3.05, 3.63) is 42.6 Å². The zero-order valence-electron chi connectivity index (χ0n) is 8.68. The van der Waals surface area contributed by atoms with Gasteiger partial charge in [-0.1, -0.05) is 18.2 Å². The van der Waals surface area contributed by atoms with Crippen molar-refractivity contribution in [1.82, 2.24) is 4.57 Å². The molecule has 1 heterocycles. The van der Waals surface area contributed by atoms with Crippen LogP contribution in [0.25, 0.3) is 5.69 Å². The number of benzene rings is 1. The zero-order valence-corrected chi connectivity index (χ0v) is 8.68. The van der Waals surface area contributed by atoms with Crippen molar-refractivity contribution < 1.29 is 4.74 Å². The normalized spacial score (nSPS) is 10.2. The first kappa shape index (κ1) is 9.65. The quantitative estimate of drug-likeness (QED) is 0.830. The molecule has 0 saturated carbocycles. The Bertz CT molecular complexity index is 434. The van der Waals surface area contributed by atoms with Gasteiger partial charge in [0.2, 0.25) is 5.88 Å². The minimum Gasteiger partial charge on any atom is -0.477 e. The summed E-state index contributed by atoms with van der Waals surface area (Å²) in [7, 11) is 0. The van der Waals surface area contributed by atoms with Crippen LogP contribution >= 0.6 is 0 Å². The molecule has 15 heavy (non-hydrogen) atoms. The van der Waals surface area contributed by atoms with Crippen LogP contribution in [-0.2, 0) is 0 Å². The van der Waals surface area contributed by atoms with Gasteiger partial charge < -0.3 is 10.5 Å². The molecule has 0 spiro atoms. The summed E-state index contributed by atoms with van der Waals surface area (Å²) in [4.78, 5) is 0. The van der Waals surface area contributed by atoms with Gasteiger partial charge in [0, 0.05) is 11.9 Å². The topological polar surface area (TPSA) is 40.2 Å². The number of aromatic nitrogens is 1. The Morgan fingerprint density at radius 2 is 1.93 bits per heavy atom. The molecule has 0 radical (unpaired) electrons. The summed E-state index contributed by atoms with van der Waals surface area (Å²) in [6, 6.07) is 11.8. The largest absolute Gasteiger partial charge is 0.477 e. The summed E-state index contributed by atoms with van der Waals surface area (Å²) in [6.45, 7) is 2.56. The molecule has 2 rings (SSSR count). The number of nitrogens with two attached hydrogens (primary N) is 1. The van der Waals surface area contributed by atoms with Crippen LogP contribution in [0.5, 0.6) is 5.88 Å². The van der Waals surface area contributed by atoms with Crippen LogP contribution in [0.1, 0.15) is 6.92 Å². The molecule has 0 aliphatic carbocycles. The average molecular weight is 202 g/mol. The lowest BCUT2D eigenvalue weighted by Crippen LogP contribution is -2.01. The van der Waals surface area contributed by atoms with Gasteiger partial charge in [0.25, 0.3) is 0 Å². The van der Waals surface area contributed by atoms with Crippen LogP contribution in [0.15, 0.2) is 42.6 Å². The summed E-state index contributed by atoms with van der Waals surface area (Å²) in [5.74, 6) is 0.712. The molecule has 0 saturated heterocycles. The second-order valence-electron chi connectivity index (χ2n) is 3.21. The molecular weight excluding hydrogens is 188 g/mol. The molecule has 3 heteroatoms. The van der Waals surface area contributed by atoms with Crippen LogP contribution < -0.4 is 10.5 Å². The Morgan fingerprint density at radius 1 is 1.20 bits per heavy atom. The van der Waals surface area contributed by atoms with Crippen molar-refractivity contribution in [3.63, 3.8) is 0 Å². The van der Waals surface area contributed by atoms with Crippen molar-refractivity contribution in [1.29, 1.82) is 0 Å². The van der Waals surface area contributed by atoms with E-state index < -0.39 is 0 Å². The van der Waals surface area contributed by atoms with Crippen molar-refractivity contribution >= 4 is 5.69 Å².